The Kier molecular flexibility index (Phi) is 4.96. The van der Waals surface area contributed by atoms with Crippen molar-refractivity contribution in [1.29, 1.82) is 0 Å². The predicted octanol–water partition coefficient (Wildman–Crippen LogP) is 0.703. The average molecular weight is 268 g/mol. The zero-order chi connectivity index (χ0) is 13.7. The lowest BCUT2D eigenvalue weighted by molar-refractivity contribution is -0.140. The van der Waals surface area contributed by atoms with Gasteiger partial charge >= 0.3 is 5.97 Å². The van der Waals surface area contributed by atoms with Crippen LogP contribution in [-0.4, -0.2) is 34.8 Å². The highest BCUT2D eigenvalue weighted by Gasteiger charge is 2.13. The number of hydrogen-bond acceptors (Lipinski definition) is 6. The summed E-state index contributed by atoms with van der Waals surface area (Å²) in [6.07, 6.45) is 0.238. The smallest absolute Gasteiger partial charge is 0.307 e. The van der Waals surface area contributed by atoms with E-state index in [1.54, 1.807) is 0 Å². The number of nitrogens with one attached hydrogen (secondary N) is 1. The van der Waals surface area contributed by atoms with Crippen LogP contribution in [-0.2, 0) is 9.53 Å². The Morgan fingerprint density at radius 3 is 2.67 bits per heavy atom. The van der Waals surface area contributed by atoms with Crippen molar-refractivity contribution in [2.24, 2.45) is 5.73 Å². The number of nitrogens with two attached hydrogens (primary N) is 1. The number of thiocarbonyl (C=S) groups is 1. The monoisotopic (exact) mass is 268 g/mol. The number of carbonyl (C=O) groups is 1. The molecule has 0 fully saturated rings. The van der Waals surface area contributed by atoms with E-state index in [2.05, 4.69) is 20.3 Å². The Bertz CT molecular complexity index is 476. The van der Waals surface area contributed by atoms with E-state index >= 15 is 0 Å². The summed E-state index contributed by atoms with van der Waals surface area (Å²) < 4.78 is 4.54. The van der Waals surface area contributed by atoms with Crippen LogP contribution in [0.25, 0.3) is 0 Å². The average Bonchev–Trinajstić information content (AvgIpc) is 2.33. The number of anilines is 1. The molecule has 0 amide bonds. The van der Waals surface area contributed by atoms with E-state index in [9.17, 15) is 4.79 Å². The van der Waals surface area contributed by atoms with Crippen molar-refractivity contribution in [2.75, 3.05) is 19.0 Å². The van der Waals surface area contributed by atoms with Crippen LogP contribution in [0.3, 0.4) is 0 Å². The highest BCUT2D eigenvalue weighted by molar-refractivity contribution is 7.80. The number of aromatic nitrogens is 2. The molecule has 0 radical (unpaired) electrons. The summed E-state index contributed by atoms with van der Waals surface area (Å²) in [5.41, 5.74) is 8.00. The molecule has 0 bridgehead atoms. The van der Waals surface area contributed by atoms with Gasteiger partial charge in [0.1, 0.15) is 4.99 Å². The minimum atomic E-state index is -0.295. The van der Waals surface area contributed by atoms with Gasteiger partial charge in [0.05, 0.1) is 24.8 Å². The van der Waals surface area contributed by atoms with E-state index in [1.165, 1.54) is 7.11 Å². The molecule has 1 aromatic rings. The largest absolute Gasteiger partial charge is 0.469 e. The predicted molar refractivity (Wildman–Crippen MR) is 72.5 cm³/mol. The van der Waals surface area contributed by atoms with Gasteiger partial charge in [0.25, 0.3) is 0 Å². The zero-order valence-electron chi connectivity index (χ0n) is 10.6. The number of methoxy groups -OCH3 is 1. The van der Waals surface area contributed by atoms with Crippen LogP contribution in [0.15, 0.2) is 0 Å². The third-order valence-electron chi connectivity index (χ3n) is 2.55. The van der Waals surface area contributed by atoms with Gasteiger partial charge in [-0.3, -0.25) is 4.79 Å². The van der Waals surface area contributed by atoms with Gasteiger partial charge in [0, 0.05) is 6.54 Å². The van der Waals surface area contributed by atoms with Gasteiger partial charge < -0.3 is 15.8 Å². The molecule has 6 nitrogen and oxygen atoms in total. The van der Waals surface area contributed by atoms with Crippen molar-refractivity contribution in [3.05, 3.63) is 16.8 Å². The standard InChI is InChI=1S/C11H16N4O2S/c1-6-7(2)14-15-11(9(6)10(12)18)13-5-4-8(16)17-3/h4-5H2,1-3H3,(H2,12,18)(H,13,15). The molecule has 1 aromatic heterocycles. The summed E-state index contributed by atoms with van der Waals surface area (Å²) in [5.74, 6) is 0.200. The topological polar surface area (TPSA) is 90.1 Å². The van der Waals surface area contributed by atoms with Crippen LogP contribution in [0.2, 0.25) is 0 Å². The summed E-state index contributed by atoms with van der Waals surface area (Å²) in [6.45, 7) is 4.10. The number of rotatable bonds is 5. The first-order valence-corrected chi connectivity index (χ1v) is 5.82. The maximum atomic E-state index is 11.0. The molecule has 0 aliphatic carbocycles. The molecule has 0 saturated carbocycles. The summed E-state index contributed by atoms with van der Waals surface area (Å²) in [6, 6.07) is 0. The van der Waals surface area contributed by atoms with Crippen LogP contribution < -0.4 is 11.1 Å². The van der Waals surface area contributed by atoms with E-state index in [0.717, 1.165) is 11.3 Å². The molecule has 0 spiro atoms. The molecule has 0 aromatic carbocycles. The van der Waals surface area contributed by atoms with E-state index in [0.29, 0.717) is 17.9 Å². The highest BCUT2D eigenvalue weighted by atomic mass is 32.1. The molecule has 1 rings (SSSR count). The van der Waals surface area contributed by atoms with Crippen molar-refractivity contribution in [3.63, 3.8) is 0 Å². The van der Waals surface area contributed by atoms with Crippen molar-refractivity contribution < 1.29 is 9.53 Å². The van der Waals surface area contributed by atoms with Crippen molar-refractivity contribution in [3.8, 4) is 0 Å². The molecule has 18 heavy (non-hydrogen) atoms. The van der Waals surface area contributed by atoms with E-state index in [4.69, 9.17) is 18.0 Å². The minimum absolute atomic E-state index is 0.238. The van der Waals surface area contributed by atoms with Gasteiger partial charge in [-0.25, -0.2) is 0 Å². The fourth-order valence-electron chi connectivity index (χ4n) is 1.42. The Balaban J connectivity index is 2.86. The van der Waals surface area contributed by atoms with Gasteiger partial charge in [-0.05, 0) is 19.4 Å². The number of ether oxygens (including phenoxy) is 1. The molecule has 1 heterocycles. The second-order valence-electron chi connectivity index (χ2n) is 3.75. The van der Waals surface area contributed by atoms with Crippen LogP contribution >= 0.6 is 12.2 Å². The lowest BCUT2D eigenvalue weighted by Gasteiger charge is -2.12. The molecular formula is C11H16N4O2S. The zero-order valence-corrected chi connectivity index (χ0v) is 11.4. The van der Waals surface area contributed by atoms with Crippen LogP contribution in [0.5, 0.6) is 0 Å². The van der Waals surface area contributed by atoms with Crippen molar-refractivity contribution >= 4 is 29.0 Å². The number of aryl methyl sites for hydroxylation is 1. The Labute approximate surface area is 111 Å². The van der Waals surface area contributed by atoms with Gasteiger partial charge in [0.2, 0.25) is 0 Å². The molecule has 0 atom stereocenters. The number of hydrogen-bond donors (Lipinski definition) is 2. The van der Waals surface area contributed by atoms with Crippen LogP contribution in [0, 0.1) is 13.8 Å². The number of carbonyl (C=O) groups excluding carboxylic acids is 1. The SMILES string of the molecule is COC(=O)CCNc1nnc(C)c(C)c1C(N)=S. The first-order valence-electron chi connectivity index (χ1n) is 5.41. The second kappa shape index (κ2) is 6.25. The summed E-state index contributed by atoms with van der Waals surface area (Å²) in [7, 11) is 1.35. The Morgan fingerprint density at radius 1 is 1.44 bits per heavy atom. The van der Waals surface area contributed by atoms with E-state index in [-0.39, 0.29) is 17.4 Å². The molecule has 98 valence electrons. The molecule has 0 unspecified atom stereocenters. The first-order chi connectivity index (χ1) is 8.47. The Hall–Kier alpha value is -1.76. The fraction of sp³-hybridized carbons (Fsp3) is 0.455. The lowest BCUT2D eigenvalue weighted by atomic mass is 10.1. The second-order valence-corrected chi connectivity index (χ2v) is 4.19. The Morgan fingerprint density at radius 2 is 2.11 bits per heavy atom. The summed E-state index contributed by atoms with van der Waals surface area (Å²) in [4.78, 5) is 11.2. The van der Waals surface area contributed by atoms with Gasteiger partial charge in [-0.15, -0.1) is 5.10 Å². The van der Waals surface area contributed by atoms with Crippen molar-refractivity contribution in [2.45, 2.75) is 20.3 Å². The molecule has 0 saturated heterocycles. The molecule has 7 heteroatoms. The van der Waals surface area contributed by atoms with Gasteiger partial charge in [-0.2, -0.15) is 5.10 Å². The highest BCUT2D eigenvalue weighted by Crippen LogP contribution is 2.18. The van der Waals surface area contributed by atoms with Gasteiger partial charge in [-0.1, -0.05) is 12.2 Å². The maximum Gasteiger partial charge on any atom is 0.307 e. The molecular weight excluding hydrogens is 252 g/mol. The quantitative estimate of drug-likeness (QED) is 0.600. The summed E-state index contributed by atoms with van der Waals surface area (Å²) >= 11 is 5.00. The van der Waals surface area contributed by atoms with E-state index in [1.807, 2.05) is 13.8 Å². The van der Waals surface area contributed by atoms with Gasteiger partial charge in [0.15, 0.2) is 5.82 Å². The van der Waals surface area contributed by atoms with Crippen LogP contribution in [0.1, 0.15) is 23.2 Å². The van der Waals surface area contributed by atoms with Crippen molar-refractivity contribution in [1.82, 2.24) is 10.2 Å². The summed E-state index contributed by atoms with van der Waals surface area (Å²) in [5, 5.41) is 11.0. The normalized spacial score (nSPS) is 9.94. The lowest BCUT2D eigenvalue weighted by Crippen LogP contribution is -2.19. The minimum Gasteiger partial charge on any atom is -0.469 e. The third-order valence-corrected chi connectivity index (χ3v) is 2.75. The number of nitrogens with zero attached hydrogens (tertiary/aromatic N) is 2. The fourth-order valence-corrected chi connectivity index (χ4v) is 1.67. The molecule has 0 aliphatic heterocycles. The maximum absolute atomic E-state index is 11.0. The number of esters is 1. The van der Waals surface area contributed by atoms with Crippen LogP contribution in [0.4, 0.5) is 5.82 Å². The van der Waals surface area contributed by atoms with E-state index < -0.39 is 0 Å². The third kappa shape index (κ3) is 3.36. The molecule has 0 aliphatic rings. The molecule has 3 N–H and O–H groups in total. The first kappa shape index (κ1) is 14.3.